The topological polar surface area (TPSA) is 84.2 Å². The predicted octanol–water partition coefficient (Wildman–Crippen LogP) is 1.73. The molecule has 0 bridgehead atoms. The first kappa shape index (κ1) is 12.9. The highest BCUT2D eigenvalue weighted by Gasteiger charge is 2.13. The fourth-order valence-electron chi connectivity index (χ4n) is 1.65. The lowest BCUT2D eigenvalue weighted by Crippen LogP contribution is -2.12. The second-order valence-corrected chi connectivity index (χ2v) is 4.21. The van der Waals surface area contributed by atoms with Crippen LogP contribution in [-0.2, 0) is 0 Å². The molecule has 0 aliphatic rings. The van der Waals surface area contributed by atoms with Gasteiger partial charge < -0.3 is 20.6 Å². The van der Waals surface area contributed by atoms with Gasteiger partial charge in [-0.25, -0.2) is 4.98 Å². The summed E-state index contributed by atoms with van der Waals surface area (Å²) in [5, 5.41) is 10.2. The van der Waals surface area contributed by atoms with Crippen LogP contribution in [0.1, 0.15) is 11.9 Å². The Balaban J connectivity index is 2.42. The molecule has 1 aromatic carbocycles. The zero-order valence-electron chi connectivity index (χ0n) is 9.85. The summed E-state index contributed by atoms with van der Waals surface area (Å²) in [7, 11) is 1.58. The molecule has 2 aromatic rings. The Kier molecular flexibility index (Phi) is 3.86. The number of methoxy groups -OCH3 is 1. The highest BCUT2D eigenvalue weighted by Crippen LogP contribution is 2.31. The summed E-state index contributed by atoms with van der Waals surface area (Å²) in [4.78, 5) is 7.09. The van der Waals surface area contributed by atoms with Crippen molar-refractivity contribution in [2.24, 2.45) is 5.73 Å². The molecule has 0 aliphatic carbocycles. The van der Waals surface area contributed by atoms with E-state index in [9.17, 15) is 5.11 Å². The lowest BCUT2D eigenvalue weighted by atomic mass is 10.1. The number of nitrogens with two attached hydrogens (primary N) is 1. The second kappa shape index (κ2) is 5.39. The van der Waals surface area contributed by atoms with Gasteiger partial charge in [0.25, 0.3) is 0 Å². The standard InChI is InChI=1S/C12H14ClN3O2/c1-18-11-3-2-7(13)4-8(11)9-6-15-12(16-9)10(17)5-14/h2-4,6,10,17H,5,14H2,1H3,(H,15,16). The third-order valence-electron chi connectivity index (χ3n) is 2.59. The maximum Gasteiger partial charge on any atom is 0.136 e. The Morgan fingerprint density at radius 2 is 2.33 bits per heavy atom. The number of ether oxygens (including phenoxy) is 1. The normalized spacial score (nSPS) is 12.4. The summed E-state index contributed by atoms with van der Waals surface area (Å²) in [6, 6.07) is 5.29. The largest absolute Gasteiger partial charge is 0.496 e. The van der Waals surface area contributed by atoms with E-state index in [0.717, 1.165) is 11.3 Å². The zero-order chi connectivity index (χ0) is 13.1. The molecule has 0 spiro atoms. The van der Waals surface area contributed by atoms with Crippen LogP contribution < -0.4 is 10.5 Å². The summed E-state index contributed by atoms with van der Waals surface area (Å²) >= 11 is 5.96. The first-order valence-corrected chi connectivity index (χ1v) is 5.80. The van der Waals surface area contributed by atoms with E-state index in [1.54, 1.807) is 31.5 Å². The van der Waals surface area contributed by atoms with Crippen LogP contribution in [0, 0.1) is 0 Å². The molecular weight excluding hydrogens is 254 g/mol. The smallest absolute Gasteiger partial charge is 0.136 e. The van der Waals surface area contributed by atoms with Crippen LogP contribution >= 0.6 is 11.6 Å². The van der Waals surface area contributed by atoms with Gasteiger partial charge in [-0.05, 0) is 18.2 Å². The van der Waals surface area contributed by atoms with Gasteiger partial charge in [0.15, 0.2) is 0 Å². The number of aromatic amines is 1. The molecule has 1 heterocycles. The van der Waals surface area contributed by atoms with Crippen molar-refractivity contribution in [2.75, 3.05) is 13.7 Å². The first-order valence-electron chi connectivity index (χ1n) is 5.42. The van der Waals surface area contributed by atoms with Gasteiger partial charge in [-0.15, -0.1) is 0 Å². The summed E-state index contributed by atoms with van der Waals surface area (Å²) < 4.78 is 5.26. The molecule has 6 heteroatoms. The maximum atomic E-state index is 9.59. The third kappa shape index (κ3) is 2.48. The summed E-state index contributed by atoms with van der Waals surface area (Å²) in [5.74, 6) is 1.10. The highest BCUT2D eigenvalue weighted by molar-refractivity contribution is 6.30. The quantitative estimate of drug-likeness (QED) is 0.788. The molecule has 0 saturated carbocycles. The van der Waals surface area contributed by atoms with Crippen LogP contribution in [0.5, 0.6) is 5.75 Å². The minimum Gasteiger partial charge on any atom is -0.496 e. The van der Waals surface area contributed by atoms with Crippen LogP contribution in [0.25, 0.3) is 11.3 Å². The van der Waals surface area contributed by atoms with E-state index in [0.29, 0.717) is 16.6 Å². The highest BCUT2D eigenvalue weighted by atomic mass is 35.5. The summed E-state index contributed by atoms with van der Waals surface area (Å²) in [5.41, 5.74) is 6.88. The Morgan fingerprint density at radius 1 is 1.56 bits per heavy atom. The molecule has 0 fully saturated rings. The van der Waals surface area contributed by atoms with Crippen LogP contribution in [0.3, 0.4) is 0 Å². The van der Waals surface area contributed by atoms with Gasteiger partial charge in [0.2, 0.25) is 0 Å². The van der Waals surface area contributed by atoms with Crippen LogP contribution in [0.15, 0.2) is 24.4 Å². The number of rotatable bonds is 4. The number of aromatic nitrogens is 2. The van der Waals surface area contributed by atoms with E-state index < -0.39 is 6.10 Å². The molecule has 0 saturated heterocycles. The molecule has 2 rings (SSSR count). The van der Waals surface area contributed by atoms with Crippen LogP contribution in [0.2, 0.25) is 5.02 Å². The Morgan fingerprint density at radius 3 is 3.00 bits per heavy atom. The lowest BCUT2D eigenvalue weighted by Gasteiger charge is -2.07. The summed E-state index contributed by atoms with van der Waals surface area (Å²) in [6.45, 7) is 0.111. The van der Waals surface area contributed by atoms with E-state index >= 15 is 0 Å². The van der Waals surface area contributed by atoms with E-state index in [4.69, 9.17) is 22.1 Å². The van der Waals surface area contributed by atoms with E-state index in [2.05, 4.69) is 9.97 Å². The lowest BCUT2D eigenvalue weighted by molar-refractivity contribution is 0.177. The number of nitrogens with one attached hydrogen (secondary N) is 1. The number of nitrogens with zero attached hydrogens (tertiary/aromatic N) is 1. The average Bonchev–Trinajstić information content (AvgIpc) is 2.87. The number of hydrogen-bond acceptors (Lipinski definition) is 4. The summed E-state index contributed by atoms with van der Waals surface area (Å²) in [6.07, 6.45) is 0.812. The van der Waals surface area contributed by atoms with Gasteiger partial charge in [-0.3, -0.25) is 0 Å². The van der Waals surface area contributed by atoms with Gasteiger partial charge in [0.05, 0.1) is 19.0 Å². The maximum absolute atomic E-state index is 9.59. The minimum absolute atomic E-state index is 0.111. The molecular formula is C12H14ClN3O2. The van der Waals surface area contributed by atoms with Crippen molar-refractivity contribution in [3.05, 3.63) is 35.2 Å². The van der Waals surface area contributed by atoms with Crippen molar-refractivity contribution < 1.29 is 9.84 Å². The monoisotopic (exact) mass is 267 g/mol. The fourth-order valence-corrected chi connectivity index (χ4v) is 1.82. The number of halogens is 1. The number of aliphatic hydroxyl groups excluding tert-OH is 1. The van der Waals surface area contributed by atoms with Gasteiger partial charge in [-0.2, -0.15) is 0 Å². The van der Waals surface area contributed by atoms with E-state index in [1.807, 2.05) is 0 Å². The molecule has 0 amide bonds. The van der Waals surface area contributed by atoms with Crippen molar-refractivity contribution in [2.45, 2.75) is 6.10 Å². The Labute approximate surface area is 110 Å². The van der Waals surface area contributed by atoms with Crippen molar-refractivity contribution in [1.82, 2.24) is 9.97 Å². The number of aliphatic hydroxyl groups is 1. The average molecular weight is 268 g/mol. The molecule has 5 nitrogen and oxygen atoms in total. The van der Waals surface area contributed by atoms with Crippen molar-refractivity contribution >= 4 is 11.6 Å². The van der Waals surface area contributed by atoms with Gasteiger partial charge in [0, 0.05) is 17.1 Å². The molecule has 18 heavy (non-hydrogen) atoms. The number of hydrogen-bond donors (Lipinski definition) is 3. The molecule has 4 N–H and O–H groups in total. The van der Waals surface area contributed by atoms with E-state index in [1.165, 1.54) is 0 Å². The third-order valence-corrected chi connectivity index (χ3v) is 2.82. The van der Waals surface area contributed by atoms with Crippen molar-refractivity contribution in [3.63, 3.8) is 0 Å². The van der Waals surface area contributed by atoms with Crippen molar-refractivity contribution in [1.29, 1.82) is 0 Å². The van der Waals surface area contributed by atoms with Crippen LogP contribution in [0.4, 0.5) is 0 Å². The number of imidazole rings is 1. The molecule has 0 radical (unpaired) electrons. The van der Waals surface area contributed by atoms with Gasteiger partial charge in [0.1, 0.15) is 17.7 Å². The second-order valence-electron chi connectivity index (χ2n) is 3.78. The van der Waals surface area contributed by atoms with Gasteiger partial charge >= 0.3 is 0 Å². The molecule has 1 aromatic heterocycles. The zero-order valence-corrected chi connectivity index (χ0v) is 10.6. The molecule has 1 unspecified atom stereocenters. The minimum atomic E-state index is -0.802. The molecule has 96 valence electrons. The predicted molar refractivity (Wildman–Crippen MR) is 69.6 cm³/mol. The van der Waals surface area contributed by atoms with Crippen molar-refractivity contribution in [3.8, 4) is 17.0 Å². The molecule has 1 atom stereocenters. The first-order chi connectivity index (χ1) is 8.65. The SMILES string of the molecule is COc1ccc(Cl)cc1-c1cnc(C(O)CN)[nH]1. The van der Waals surface area contributed by atoms with E-state index in [-0.39, 0.29) is 6.54 Å². The Bertz CT molecular complexity index is 542. The number of benzene rings is 1. The van der Waals surface area contributed by atoms with Crippen LogP contribution in [-0.4, -0.2) is 28.7 Å². The number of H-pyrrole nitrogens is 1. The Hall–Kier alpha value is -1.56. The molecule has 0 aliphatic heterocycles. The fraction of sp³-hybridized carbons (Fsp3) is 0.250. The van der Waals surface area contributed by atoms with Gasteiger partial charge in [-0.1, -0.05) is 11.6 Å².